The minimum Gasteiger partial charge on any atom is -0.394 e. The number of alkyl halides is 1. The summed E-state index contributed by atoms with van der Waals surface area (Å²) in [4.78, 5) is 11.0. The zero-order valence-electron chi connectivity index (χ0n) is 8.04. The van der Waals surface area contributed by atoms with Gasteiger partial charge in [0.1, 0.15) is 5.88 Å². The molecule has 0 aromatic heterocycles. The van der Waals surface area contributed by atoms with Crippen molar-refractivity contribution in [2.75, 3.05) is 25.7 Å². The lowest BCUT2D eigenvalue weighted by atomic mass is 9.92. The fourth-order valence-electron chi connectivity index (χ4n) is 1.68. The van der Waals surface area contributed by atoms with Gasteiger partial charge in [-0.05, 0) is 18.8 Å². The first-order chi connectivity index (χ1) is 6.77. The Kier molecular flexibility index (Phi) is 5.22. The van der Waals surface area contributed by atoms with Crippen molar-refractivity contribution in [2.24, 2.45) is 5.92 Å². The second-order valence-electron chi connectivity index (χ2n) is 3.44. The molecule has 5 heteroatoms. The number of nitrogens with one attached hydrogen (secondary N) is 1. The summed E-state index contributed by atoms with van der Waals surface area (Å²) < 4.78 is 5.21. The van der Waals surface area contributed by atoms with Gasteiger partial charge >= 0.3 is 0 Å². The molecule has 0 unspecified atom stereocenters. The van der Waals surface area contributed by atoms with Crippen LogP contribution in [0.25, 0.3) is 0 Å². The molecule has 1 saturated heterocycles. The monoisotopic (exact) mass is 221 g/mol. The van der Waals surface area contributed by atoms with Gasteiger partial charge in [0.15, 0.2) is 0 Å². The SMILES string of the molecule is O=C(CCl)N[C@H](CO)C1CCOCC1. The minimum absolute atomic E-state index is 0.0344. The number of aliphatic hydroxyl groups excluding tert-OH is 1. The third-order valence-electron chi connectivity index (χ3n) is 2.50. The summed E-state index contributed by atoms with van der Waals surface area (Å²) in [6, 6.07) is -0.176. The summed E-state index contributed by atoms with van der Waals surface area (Å²) in [5.41, 5.74) is 0. The van der Waals surface area contributed by atoms with Gasteiger partial charge in [-0.15, -0.1) is 11.6 Å². The number of aliphatic hydroxyl groups is 1. The maximum Gasteiger partial charge on any atom is 0.235 e. The van der Waals surface area contributed by atoms with E-state index < -0.39 is 0 Å². The summed E-state index contributed by atoms with van der Waals surface area (Å²) in [5.74, 6) is 0.0258. The summed E-state index contributed by atoms with van der Waals surface area (Å²) in [5, 5.41) is 11.8. The van der Waals surface area contributed by atoms with Crippen molar-refractivity contribution in [3.05, 3.63) is 0 Å². The van der Waals surface area contributed by atoms with Gasteiger partial charge < -0.3 is 15.2 Å². The Morgan fingerprint density at radius 2 is 2.21 bits per heavy atom. The van der Waals surface area contributed by atoms with Crippen LogP contribution in [-0.2, 0) is 9.53 Å². The zero-order chi connectivity index (χ0) is 10.4. The first-order valence-corrected chi connectivity index (χ1v) is 5.35. The lowest BCUT2D eigenvalue weighted by molar-refractivity contribution is -0.120. The molecule has 1 rings (SSSR count). The molecule has 0 aliphatic carbocycles. The molecular weight excluding hydrogens is 206 g/mol. The van der Waals surface area contributed by atoms with E-state index in [1.54, 1.807) is 0 Å². The molecule has 1 aliphatic rings. The second-order valence-corrected chi connectivity index (χ2v) is 3.71. The summed E-state index contributed by atoms with van der Waals surface area (Å²) in [7, 11) is 0. The highest BCUT2D eigenvalue weighted by Crippen LogP contribution is 2.18. The molecular formula is C9H16ClNO3. The molecule has 1 aliphatic heterocycles. The highest BCUT2D eigenvalue weighted by molar-refractivity contribution is 6.27. The van der Waals surface area contributed by atoms with Gasteiger partial charge in [-0.1, -0.05) is 0 Å². The summed E-state index contributed by atoms with van der Waals surface area (Å²) in [6.07, 6.45) is 1.77. The van der Waals surface area contributed by atoms with Crippen LogP contribution in [0.1, 0.15) is 12.8 Å². The Bertz CT molecular complexity index is 183. The van der Waals surface area contributed by atoms with E-state index in [2.05, 4.69) is 5.32 Å². The molecule has 0 aromatic carbocycles. The largest absolute Gasteiger partial charge is 0.394 e. The molecule has 1 heterocycles. The molecule has 4 nitrogen and oxygen atoms in total. The molecule has 0 spiro atoms. The van der Waals surface area contributed by atoms with Crippen molar-refractivity contribution in [1.29, 1.82) is 0 Å². The molecule has 0 radical (unpaired) electrons. The van der Waals surface area contributed by atoms with Gasteiger partial charge in [-0.25, -0.2) is 0 Å². The maximum absolute atomic E-state index is 11.0. The number of carbonyl (C=O) groups excluding carboxylic acids is 1. The van der Waals surface area contributed by atoms with E-state index in [1.807, 2.05) is 0 Å². The number of hydrogen-bond donors (Lipinski definition) is 2. The van der Waals surface area contributed by atoms with Crippen molar-refractivity contribution in [1.82, 2.24) is 5.32 Å². The standard InChI is InChI=1S/C9H16ClNO3/c10-5-9(13)11-8(6-12)7-1-3-14-4-2-7/h7-8,12H,1-6H2,(H,11,13)/t8-/m1/s1. The number of carbonyl (C=O) groups is 1. The van der Waals surface area contributed by atoms with Crippen LogP contribution in [0.4, 0.5) is 0 Å². The van der Waals surface area contributed by atoms with E-state index in [9.17, 15) is 4.79 Å². The number of halogens is 1. The maximum atomic E-state index is 11.0. The lowest BCUT2D eigenvalue weighted by Gasteiger charge is -2.29. The highest BCUT2D eigenvalue weighted by atomic mass is 35.5. The first kappa shape index (κ1) is 11.8. The quantitative estimate of drug-likeness (QED) is 0.664. The molecule has 0 saturated carbocycles. The smallest absolute Gasteiger partial charge is 0.235 e. The summed E-state index contributed by atoms with van der Waals surface area (Å²) in [6.45, 7) is 1.38. The molecule has 2 N–H and O–H groups in total. The average molecular weight is 222 g/mol. The zero-order valence-corrected chi connectivity index (χ0v) is 8.79. The Hall–Kier alpha value is -0.320. The van der Waals surface area contributed by atoms with Gasteiger partial charge in [0.25, 0.3) is 0 Å². The topological polar surface area (TPSA) is 58.6 Å². The van der Waals surface area contributed by atoms with E-state index in [-0.39, 0.29) is 24.4 Å². The van der Waals surface area contributed by atoms with Gasteiger partial charge in [0.05, 0.1) is 12.6 Å². The van der Waals surface area contributed by atoms with Gasteiger partial charge in [-0.3, -0.25) is 4.79 Å². The molecule has 1 amide bonds. The van der Waals surface area contributed by atoms with Crippen molar-refractivity contribution in [3.63, 3.8) is 0 Å². The minimum atomic E-state index is -0.225. The van der Waals surface area contributed by atoms with Crippen LogP contribution < -0.4 is 5.32 Å². The Morgan fingerprint density at radius 1 is 1.57 bits per heavy atom. The second kappa shape index (κ2) is 6.22. The third kappa shape index (κ3) is 3.44. The molecule has 82 valence electrons. The number of amides is 1. The fourth-order valence-corrected chi connectivity index (χ4v) is 1.75. The van der Waals surface area contributed by atoms with E-state index >= 15 is 0 Å². The predicted octanol–water partition coefficient (Wildman–Crippen LogP) is 0.129. The van der Waals surface area contributed by atoms with E-state index in [1.165, 1.54) is 0 Å². The van der Waals surface area contributed by atoms with Crippen molar-refractivity contribution >= 4 is 17.5 Å². The van der Waals surface area contributed by atoms with Crippen LogP contribution in [0.3, 0.4) is 0 Å². The number of ether oxygens (including phenoxy) is 1. The van der Waals surface area contributed by atoms with Crippen LogP contribution in [-0.4, -0.2) is 42.8 Å². The Labute approximate surface area is 88.6 Å². The molecule has 1 atom stereocenters. The van der Waals surface area contributed by atoms with Crippen LogP contribution in [0.2, 0.25) is 0 Å². The van der Waals surface area contributed by atoms with Crippen LogP contribution in [0, 0.1) is 5.92 Å². The van der Waals surface area contributed by atoms with Gasteiger partial charge in [-0.2, -0.15) is 0 Å². The molecule has 0 bridgehead atoms. The first-order valence-electron chi connectivity index (χ1n) is 4.82. The van der Waals surface area contributed by atoms with Crippen LogP contribution >= 0.6 is 11.6 Å². The highest BCUT2D eigenvalue weighted by Gasteiger charge is 2.24. The number of hydrogen-bond acceptors (Lipinski definition) is 3. The van der Waals surface area contributed by atoms with Gasteiger partial charge in [0, 0.05) is 13.2 Å². The average Bonchev–Trinajstić information content (AvgIpc) is 2.26. The molecule has 1 fully saturated rings. The lowest BCUT2D eigenvalue weighted by Crippen LogP contribution is -2.45. The van der Waals surface area contributed by atoms with E-state index in [0.717, 1.165) is 12.8 Å². The Balaban J connectivity index is 2.39. The van der Waals surface area contributed by atoms with Crippen molar-refractivity contribution in [2.45, 2.75) is 18.9 Å². The van der Waals surface area contributed by atoms with Crippen LogP contribution in [0.15, 0.2) is 0 Å². The Morgan fingerprint density at radius 3 is 2.71 bits per heavy atom. The van der Waals surface area contributed by atoms with E-state index in [0.29, 0.717) is 19.1 Å². The van der Waals surface area contributed by atoms with Crippen LogP contribution in [0.5, 0.6) is 0 Å². The predicted molar refractivity (Wildman–Crippen MR) is 53.3 cm³/mol. The fraction of sp³-hybridized carbons (Fsp3) is 0.889. The van der Waals surface area contributed by atoms with Gasteiger partial charge in [0.2, 0.25) is 5.91 Å². The molecule has 14 heavy (non-hydrogen) atoms. The molecule has 0 aromatic rings. The van der Waals surface area contributed by atoms with E-state index in [4.69, 9.17) is 21.4 Å². The number of rotatable bonds is 4. The summed E-state index contributed by atoms with van der Waals surface area (Å²) >= 11 is 5.37. The third-order valence-corrected chi connectivity index (χ3v) is 2.74. The van der Waals surface area contributed by atoms with Crippen molar-refractivity contribution in [3.8, 4) is 0 Å². The van der Waals surface area contributed by atoms with Crippen molar-refractivity contribution < 1.29 is 14.6 Å². The normalized spacial score (nSPS) is 20.4.